The van der Waals surface area contributed by atoms with Crippen LogP contribution in [0.3, 0.4) is 0 Å². The highest BCUT2D eigenvalue weighted by atomic mass is 15.1. The Morgan fingerprint density at radius 2 is 2.05 bits per heavy atom. The molecule has 0 saturated heterocycles. The van der Waals surface area contributed by atoms with Crippen LogP contribution in [0.4, 0.5) is 5.95 Å². The van der Waals surface area contributed by atoms with Gasteiger partial charge in [0.2, 0.25) is 0 Å². The summed E-state index contributed by atoms with van der Waals surface area (Å²) in [7, 11) is 0. The molecule has 0 unspecified atom stereocenters. The van der Waals surface area contributed by atoms with Crippen molar-refractivity contribution in [1.29, 1.82) is 0 Å². The van der Waals surface area contributed by atoms with Crippen LogP contribution in [0.2, 0.25) is 0 Å². The predicted octanol–water partition coefficient (Wildman–Crippen LogP) is 2.56. The molecule has 0 aliphatic carbocycles. The number of pyridine rings is 1. The van der Waals surface area contributed by atoms with Gasteiger partial charge in [0.1, 0.15) is 0 Å². The van der Waals surface area contributed by atoms with Gasteiger partial charge in [0, 0.05) is 24.3 Å². The zero-order chi connectivity index (χ0) is 13.2. The van der Waals surface area contributed by atoms with Crippen molar-refractivity contribution in [3.63, 3.8) is 0 Å². The molecule has 2 heterocycles. The minimum absolute atomic E-state index is 0.575. The zero-order valence-corrected chi connectivity index (χ0v) is 10.9. The number of nitrogens with zero attached hydrogens (tertiary/aromatic N) is 3. The number of rotatable bonds is 3. The zero-order valence-electron chi connectivity index (χ0n) is 10.9. The van der Waals surface area contributed by atoms with Crippen LogP contribution in [-0.2, 0) is 13.0 Å². The molecule has 0 aliphatic rings. The van der Waals surface area contributed by atoms with E-state index in [2.05, 4.69) is 34.2 Å². The highest BCUT2D eigenvalue weighted by Crippen LogP contribution is 2.17. The van der Waals surface area contributed by atoms with E-state index in [9.17, 15) is 0 Å². The number of para-hydroxylation sites is 1. The van der Waals surface area contributed by atoms with E-state index in [0.29, 0.717) is 5.95 Å². The molecule has 19 heavy (non-hydrogen) atoms. The Morgan fingerprint density at radius 3 is 2.84 bits per heavy atom. The summed E-state index contributed by atoms with van der Waals surface area (Å²) >= 11 is 0. The van der Waals surface area contributed by atoms with E-state index in [0.717, 1.165) is 24.2 Å². The lowest BCUT2D eigenvalue weighted by Gasteiger charge is -2.07. The number of hydrogen-bond donors (Lipinski definition) is 1. The molecule has 0 aliphatic heterocycles. The van der Waals surface area contributed by atoms with Crippen LogP contribution >= 0.6 is 0 Å². The number of hydrogen-bond acceptors (Lipinski definition) is 3. The van der Waals surface area contributed by atoms with Gasteiger partial charge in [0.25, 0.3) is 0 Å². The Bertz CT molecular complexity index is 710. The predicted molar refractivity (Wildman–Crippen MR) is 76.8 cm³/mol. The Labute approximate surface area is 111 Å². The molecule has 3 rings (SSSR count). The minimum Gasteiger partial charge on any atom is -0.369 e. The van der Waals surface area contributed by atoms with Crippen molar-refractivity contribution in [2.45, 2.75) is 19.9 Å². The van der Waals surface area contributed by atoms with Gasteiger partial charge in [0.05, 0.1) is 11.2 Å². The third-order valence-corrected chi connectivity index (χ3v) is 3.27. The van der Waals surface area contributed by atoms with Crippen molar-refractivity contribution >= 4 is 16.9 Å². The van der Waals surface area contributed by atoms with Gasteiger partial charge in [-0.25, -0.2) is 4.98 Å². The fraction of sp³-hybridized carbons (Fsp3) is 0.200. The fourth-order valence-corrected chi connectivity index (χ4v) is 2.35. The van der Waals surface area contributed by atoms with E-state index in [1.807, 2.05) is 30.0 Å². The largest absolute Gasteiger partial charge is 0.369 e. The Balaban J connectivity index is 1.88. The first-order valence-electron chi connectivity index (χ1n) is 6.36. The summed E-state index contributed by atoms with van der Waals surface area (Å²) in [5, 5.41) is 1.18. The molecule has 1 aromatic carbocycles. The van der Waals surface area contributed by atoms with Gasteiger partial charge in [-0.15, -0.1) is 0 Å². The maximum atomic E-state index is 5.85. The second-order valence-electron chi connectivity index (χ2n) is 4.68. The van der Waals surface area contributed by atoms with Crippen LogP contribution in [-0.4, -0.2) is 14.5 Å². The normalized spacial score (nSPS) is 11.0. The van der Waals surface area contributed by atoms with Gasteiger partial charge in [-0.1, -0.05) is 24.3 Å². The summed E-state index contributed by atoms with van der Waals surface area (Å²) in [4.78, 5) is 8.68. The van der Waals surface area contributed by atoms with Gasteiger partial charge < -0.3 is 10.3 Å². The molecule has 0 saturated carbocycles. The van der Waals surface area contributed by atoms with E-state index >= 15 is 0 Å². The Hall–Kier alpha value is -2.36. The summed E-state index contributed by atoms with van der Waals surface area (Å²) in [5.74, 6) is 0.575. The molecule has 0 fully saturated rings. The molecule has 2 N–H and O–H groups in total. The average Bonchev–Trinajstić information content (AvgIpc) is 2.74. The topological polar surface area (TPSA) is 56.7 Å². The number of nitrogens with two attached hydrogens (primary N) is 1. The lowest BCUT2D eigenvalue weighted by molar-refractivity contribution is 0.707. The molecule has 0 radical (unpaired) electrons. The number of anilines is 1. The summed E-state index contributed by atoms with van der Waals surface area (Å²) in [6.45, 7) is 2.77. The number of aryl methyl sites for hydroxylation is 3. The van der Waals surface area contributed by atoms with Crippen LogP contribution in [0.1, 0.15) is 11.3 Å². The van der Waals surface area contributed by atoms with Crippen LogP contribution in [0.5, 0.6) is 0 Å². The molecule has 0 atom stereocenters. The van der Waals surface area contributed by atoms with Crippen molar-refractivity contribution < 1.29 is 0 Å². The van der Waals surface area contributed by atoms with Crippen molar-refractivity contribution in [1.82, 2.24) is 14.5 Å². The third kappa shape index (κ3) is 2.29. The second-order valence-corrected chi connectivity index (χ2v) is 4.68. The summed E-state index contributed by atoms with van der Waals surface area (Å²) in [6.07, 6.45) is 4.71. The maximum absolute atomic E-state index is 5.85. The van der Waals surface area contributed by atoms with E-state index in [1.165, 1.54) is 10.9 Å². The number of imidazole rings is 1. The number of fused-ring (bicyclic) bond motifs is 1. The average molecular weight is 252 g/mol. The molecule has 4 nitrogen and oxygen atoms in total. The first-order valence-corrected chi connectivity index (χ1v) is 6.36. The molecule has 4 heteroatoms. The smallest absolute Gasteiger partial charge is 0.200 e. The van der Waals surface area contributed by atoms with Crippen molar-refractivity contribution in [3.05, 3.63) is 54.0 Å². The van der Waals surface area contributed by atoms with Crippen molar-refractivity contribution in [2.24, 2.45) is 0 Å². The van der Waals surface area contributed by atoms with E-state index in [4.69, 9.17) is 5.73 Å². The number of benzene rings is 1. The molecule has 96 valence electrons. The minimum atomic E-state index is 0.575. The van der Waals surface area contributed by atoms with Gasteiger partial charge in [-0.2, -0.15) is 0 Å². The van der Waals surface area contributed by atoms with Gasteiger partial charge in [-0.05, 0) is 25.0 Å². The van der Waals surface area contributed by atoms with Crippen molar-refractivity contribution in [3.8, 4) is 0 Å². The maximum Gasteiger partial charge on any atom is 0.200 e. The summed E-state index contributed by atoms with van der Waals surface area (Å²) in [5.41, 5.74) is 9.12. The molecular formula is C15H16N4. The third-order valence-electron chi connectivity index (χ3n) is 3.27. The fourth-order valence-electron chi connectivity index (χ4n) is 2.35. The Morgan fingerprint density at radius 1 is 1.21 bits per heavy atom. The molecule has 0 bridgehead atoms. The number of nitrogen functional groups attached to an aromatic ring is 1. The number of aromatic nitrogens is 3. The van der Waals surface area contributed by atoms with Crippen molar-refractivity contribution in [2.75, 3.05) is 5.73 Å². The van der Waals surface area contributed by atoms with Gasteiger partial charge in [-0.3, -0.25) is 4.98 Å². The quantitative estimate of drug-likeness (QED) is 0.779. The first-order chi connectivity index (χ1) is 9.24. The first kappa shape index (κ1) is 11.7. The van der Waals surface area contributed by atoms with E-state index in [1.54, 1.807) is 0 Å². The molecule has 3 aromatic rings. The molecule has 0 spiro atoms. The SMILES string of the molecule is Cc1cn(CCc2cccc3cccnc23)c(N)n1. The van der Waals surface area contributed by atoms with E-state index in [-0.39, 0.29) is 0 Å². The van der Waals surface area contributed by atoms with Crippen LogP contribution in [0.25, 0.3) is 10.9 Å². The molecular weight excluding hydrogens is 236 g/mol. The summed E-state index contributed by atoms with van der Waals surface area (Å²) < 4.78 is 1.98. The second kappa shape index (κ2) is 4.72. The summed E-state index contributed by atoms with van der Waals surface area (Å²) in [6, 6.07) is 10.3. The lowest BCUT2D eigenvalue weighted by Crippen LogP contribution is -2.05. The highest BCUT2D eigenvalue weighted by molar-refractivity contribution is 5.81. The molecule has 2 aromatic heterocycles. The lowest BCUT2D eigenvalue weighted by atomic mass is 10.1. The van der Waals surface area contributed by atoms with Crippen LogP contribution in [0.15, 0.2) is 42.7 Å². The Kier molecular flexibility index (Phi) is 2.91. The van der Waals surface area contributed by atoms with Gasteiger partial charge in [0.15, 0.2) is 5.95 Å². The monoisotopic (exact) mass is 252 g/mol. The standard InChI is InChI=1S/C15H16N4/c1-11-10-19(15(16)18-11)9-7-13-5-2-4-12-6-3-8-17-14(12)13/h2-6,8,10H,7,9H2,1H3,(H2,16,18). The molecule has 0 amide bonds. The van der Waals surface area contributed by atoms with E-state index < -0.39 is 0 Å². The van der Waals surface area contributed by atoms with Crippen LogP contribution < -0.4 is 5.73 Å². The van der Waals surface area contributed by atoms with Gasteiger partial charge >= 0.3 is 0 Å². The van der Waals surface area contributed by atoms with Crippen LogP contribution in [0, 0.1) is 6.92 Å². The highest BCUT2D eigenvalue weighted by Gasteiger charge is 2.04.